The number of amides is 1. The van der Waals surface area contributed by atoms with Gasteiger partial charge < -0.3 is 14.7 Å². The second-order valence-electron chi connectivity index (χ2n) is 6.63. The molecule has 0 saturated carbocycles. The van der Waals surface area contributed by atoms with Crippen molar-refractivity contribution in [2.75, 3.05) is 23.0 Å². The van der Waals surface area contributed by atoms with E-state index in [2.05, 4.69) is 4.99 Å². The lowest BCUT2D eigenvalue weighted by Crippen LogP contribution is -2.37. The van der Waals surface area contributed by atoms with Crippen LogP contribution in [0.15, 0.2) is 29.3 Å². The average Bonchev–Trinajstić information content (AvgIpc) is 3.06. The van der Waals surface area contributed by atoms with Gasteiger partial charge in [0.1, 0.15) is 5.75 Å². The highest BCUT2D eigenvalue weighted by atomic mass is 32.2. The van der Waals surface area contributed by atoms with Crippen LogP contribution in [0, 0.1) is 0 Å². The number of ether oxygens (including phenoxy) is 1. The number of carboxylic acids is 1. The first-order valence-corrected chi connectivity index (χ1v) is 11.7. The molecule has 28 heavy (non-hydrogen) atoms. The van der Waals surface area contributed by atoms with E-state index < -0.39 is 21.7 Å². The topological polar surface area (TPSA) is 113 Å². The van der Waals surface area contributed by atoms with Gasteiger partial charge in [-0.05, 0) is 37.6 Å². The third-order valence-electron chi connectivity index (χ3n) is 4.49. The fourth-order valence-corrected chi connectivity index (χ4v) is 7.22. The van der Waals surface area contributed by atoms with E-state index in [1.807, 2.05) is 24.0 Å². The molecule has 1 aromatic rings. The summed E-state index contributed by atoms with van der Waals surface area (Å²) in [5.74, 6) is -0.572. The van der Waals surface area contributed by atoms with Crippen molar-refractivity contribution < 1.29 is 27.9 Å². The lowest BCUT2D eigenvalue weighted by molar-refractivity contribution is -0.137. The summed E-state index contributed by atoms with van der Waals surface area (Å²) in [6, 6.07) is 6.96. The highest BCUT2D eigenvalue weighted by molar-refractivity contribution is 8.16. The number of nitrogens with zero attached hydrogens (tertiary/aromatic N) is 2. The number of aliphatic carboxylic acids is 1. The molecule has 8 nitrogen and oxygen atoms in total. The van der Waals surface area contributed by atoms with Crippen LogP contribution in [0.1, 0.15) is 26.2 Å². The fraction of sp³-hybridized carbons (Fsp3) is 0.500. The number of benzene rings is 1. The molecular weight excluding hydrogens is 404 g/mol. The molecule has 0 radical (unpaired) electrons. The molecule has 2 atom stereocenters. The van der Waals surface area contributed by atoms with Gasteiger partial charge in [-0.1, -0.05) is 11.8 Å². The lowest BCUT2D eigenvalue weighted by Gasteiger charge is -2.24. The van der Waals surface area contributed by atoms with E-state index in [0.29, 0.717) is 17.5 Å². The monoisotopic (exact) mass is 426 g/mol. The fourth-order valence-electron chi connectivity index (χ4n) is 3.29. The van der Waals surface area contributed by atoms with Crippen LogP contribution >= 0.6 is 11.8 Å². The third kappa shape index (κ3) is 4.85. The molecule has 0 aromatic heterocycles. The normalized spacial score (nSPS) is 24.3. The second-order valence-corrected chi connectivity index (χ2v) is 9.99. The zero-order valence-corrected chi connectivity index (χ0v) is 17.0. The first kappa shape index (κ1) is 20.7. The Hall–Kier alpha value is -2.07. The van der Waals surface area contributed by atoms with Gasteiger partial charge in [0.15, 0.2) is 15.0 Å². The van der Waals surface area contributed by atoms with Gasteiger partial charge in [-0.2, -0.15) is 4.99 Å². The summed E-state index contributed by atoms with van der Waals surface area (Å²) >= 11 is 1.30. The Morgan fingerprint density at radius 2 is 1.96 bits per heavy atom. The average molecular weight is 427 g/mol. The number of aliphatic imine (C=N–C) groups is 1. The Balaban J connectivity index is 1.83. The van der Waals surface area contributed by atoms with E-state index in [9.17, 15) is 18.0 Å². The first-order chi connectivity index (χ1) is 13.3. The van der Waals surface area contributed by atoms with E-state index in [1.165, 1.54) is 11.8 Å². The van der Waals surface area contributed by atoms with Crippen molar-refractivity contribution in [1.29, 1.82) is 0 Å². The molecule has 10 heteroatoms. The Labute approximate surface area is 167 Å². The number of rotatable bonds is 7. The quantitative estimate of drug-likeness (QED) is 0.704. The molecule has 3 rings (SSSR count). The van der Waals surface area contributed by atoms with Crippen molar-refractivity contribution >= 4 is 44.3 Å². The summed E-state index contributed by atoms with van der Waals surface area (Å²) in [5, 5.41) is 8.98. The summed E-state index contributed by atoms with van der Waals surface area (Å²) in [6.45, 7) is 2.43. The maximum atomic E-state index is 12.2. The summed E-state index contributed by atoms with van der Waals surface area (Å²) in [6.07, 6.45) is 0.177. The van der Waals surface area contributed by atoms with Crippen molar-refractivity contribution in [2.45, 2.75) is 37.5 Å². The van der Waals surface area contributed by atoms with Crippen molar-refractivity contribution in [2.24, 2.45) is 4.99 Å². The van der Waals surface area contributed by atoms with Gasteiger partial charge in [-0.3, -0.25) is 9.59 Å². The Kier molecular flexibility index (Phi) is 6.29. The number of carboxylic acid groups (broad SMARTS) is 1. The third-order valence-corrected chi connectivity index (χ3v) is 7.70. The van der Waals surface area contributed by atoms with Gasteiger partial charge in [0, 0.05) is 23.8 Å². The van der Waals surface area contributed by atoms with Gasteiger partial charge in [0.25, 0.3) is 0 Å². The highest BCUT2D eigenvalue weighted by Gasteiger charge is 2.49. The van der Waals surface area contributed by atoms with Crippen LogP contribution < -0.4 is 9.64 Å². The van der Waals surface area contributed by atoms with E-state index >= 15 is 0 Å². The number of fused-ring (bicyclic) bond motifs is 1. The summed E-state index contributed by atoms with van der Waals surface area (Å²) in [4.78, 5) is 28.8. The molecule has 2 heterocycles. The second kappa shape index (κ2) is 8.52. The minimum Gasteiger partial charge on any atom is -0.494 e. The molecule has 1 amide bonds. The largest absolute Gasteiger partial charge is 0.494 e. The first-order valence-electron chi connectivity index (χ1n) is 9.01. The van der Waals surface area contributed by atoms with Crippen LogP contribution in [0.5, 0.6) is 5.75 Å². The molecule has 1 N–H and O–H groups in total. The predicted octanol–water partition coefficient (Wildman–Crippen LogP) is 1.94. The Morgan fingerprint density at radius 3 is 2.61 bits per heavy atom. The van der Waals surface area contributed by atoms with Crippen LogP contribution in [0.2, 0.25) is 0 Å². The highest BCUT2D eigenvalue weighted by Crippen LogP contribution is 2.41. The van der Waals surface area contributed by atoms with E-state index in [1.54, 1.807) is 12.1 Å². The molecule has 2 fully saturated rings. The molecule has 0 spiro atoms. The molecular formula is C18H22N2O6S2. The van der Waals surface area contributed by atoms with E-state index in [4.69, 9.17) is 9.84 Å². The van der Waals surface area contributed by atoms with E-state index in [0.717, 1.165) is 5.69 Å². The maximum Gasteiger partial charge on any atom is 0.303 e. The van der Waals surface area contributed by atoms with Crippen molar-refractivity contribution in [3.05, 3.63) is 24.3 Å². The zero-order chi connectivity index (χ0) is 20.3. The van der Waals surface area contributed by atoms with Gasteiger partial charge in [-0.25, -0.2) is 8.42 Å². The van der Waals surface area contributed by atoms with Crippen LogP contribution in [0.25, 0.3) is 0 Å². The molecule has 1 aromatic carbocycles. The lowest BCUT2D eigenvalue weighted by atomic mass is 10.2. The maximum absolute atomic E-state index is 12.2. The number of thioether (sulfide) groups is 1. The minimum atomic E-state index is -3.13. The number of hydrogen-bond acceptors (Lipinski definition) is 6. The molecule has 2 saturated heterocycles. The Morgan fingerprint density at radius 1 is 1.25 bits per heavy atom. The number of carbonyl (C=O) groups is 2. The number of amidine groups is 1. The van der Waals surface area contributed by atoms with Crippen molar-refractivity contribution in [1.82, 2.24) is 0 Å². The summed E-state index contributed by atoms with van der Waals surface area (Å²) < 4.78 is 29.6. The van der Waals surface area contributed by atoms with E-state index in [-0.39, 0.29) is 42.1 Å². The summed E-state index contributed by atoms with van der Waals surface area (Å²) in [5.41, 5.74) is 0.748. The predicted molar refractivity (Wildman–Crippen MR) is 108 cm³/mol. The van der Waals surface area contributed by atoms with Crippen LogP contribution in [0.3, 0.4) is 0 Å². The minimum absolute atomic E-state index is 0.0180. The molecule has 0 aliphatic carbocycles. The molecule has 2 aliphatic rings. The van der Waals surface area contributed by atoms with Crippen molar-refractivity contribution in [3.8, 4) is 5.75 Å². The van der Waals surface area contributed by atoms with Gasteiger partial charge in [0.2, 0.25) is 5.91 Å². The van der Waals surface area contributed by atoms with Gasteiger partial charge in [-0.15, -0.1) is 0 Å². The standard InChI is InChI=1S/C18H22N2O6S2/c1-2-26-13-8-6-12(7-9-13)20-14-10-28(24,25)11-15(14)27-18(20)19-16(21)4-3-5-17(22)23/h6-9,14-15H,2-5,10-11H2,1H3,(H,22,23). The molecule has 152 valence electrons. The number of carbonyl (C=O) groups excluding carboxylic acids is 1. The van der Waals surface area contributed by atoms with Gasteiger partial charge >= 0.3 is 5.97 Å². The summed E-state index contributed by atoms with van der Waals surface area (Å²) in [7, 11) is -3.13. The molecule has 2 unspecified atom stereocenters. The van der Waals surface area contributed by atoms with Gasteiger partial charge in [0.05, 0.1) is 24.2 Å². The number of hydrogen-bond donors (Lipinski definition) is 1. The van der Waals surface area contributed by atoms with Crippen molar-refractivity contribution in [3.63, 3.8) is 0 Å². The zero-order valence-electron chi connectivity index (χ0n) is 15.4. The number of anilines is 1. The SMILES string of the molecule is CCOc1ccc(N2C(=NC(=O)CCCC(=O)O)SC3CS(=O)(=O)CC32)cc1. The Bertz CT molecular complexity index is 882. The molecule has 2 aliphatic heterocycles. The smallest absolute Gasteiger partial charge is 0.303 e. The number of sulfone groups is 1. The van der Waals surface area contributed by atoms with Crippen LogP contribution in [0.4, 0.5) is 5.69 Å². The molecule has 0 bridgehead atoms. The van der Waals surface area contributed by atoms with Crippen LogP contribution in [-0.4, -0.2) is 60.0 Å². The van der Waals surface area contributed by atoms with Crippen LogP contribution in [-0.2, 0) is 19.4 Å².